The third-order valence-electron chi connectivity index (χ3n) is 4.23. The lowest BCUT2D eigenvalue weighted by Crippen LogP contribution is -2.34. The molecule has 0 aliphatic heterocycles. The Balaban J connectivity index is 1.79. The SMILES string of the molecule is C[C@@H](c1nnc(N)o1)N(Cc1ccc(C#N)cc1)C(=O)CSc1ccccc1Cl. The maximum absolute atomic E-state index is 13.1. The van der Waals surface area contributed by atoms with Crippen LogP contribution in [-0.2, 0) is 11.3 Å². The van der Waals surface area contributed by atoms with Crippen LogP contribution in [0.4, 0.5) is 6.01 Å². The average Bonchev–Trinajstić information content (AvgIpc) is 3.17. The van der Waals surface area contributed by atoms with Gasteiger partial charge in [0.15, 0.2) is 0 Å². The Morgan fingerprint density at radius 1 is 1.28 bits per heavy atom. The second-order valence-electron chi connectivity index (χ2n) is 6.20. The summed E-state index contributed by atoms with van der Waals surface area (Å²) in [6.45, 7) is 2.12. The van der Waals surface area contributed by atoms with Gasteiger partial charge in [-0.2, -0.15) is 5.26 Å². The lowest BCUT2D eigenvalue weighted by Gasteiger charge is -2.27. The van der Waals surface area contributed by atoms with E-state index < -0.39 is 6.04 Å². The van der Waals surface area contributed by atoms with Crippen LogP contribution in [0.2, 0.25) is 5.02 Å². The summed E-state index contributed by atoms with van der Waals surface area (Å²) < 4.78 is 5.32. The summed E-state index contributed by atoms with van der Waals surface area (Å²) >= 11 is 7.55. The van der Waals surface area contributed by atoms with Gasteiger partial charge in [0, 0.05) is 11.4 Å². The number of carbonyl (C=O) groups excluding carboxylic acids is 1. The minimum atomic E-state index is -0.477. The van der Waals surface area contributed by atoms with Crippen LogP contribution in [0.3, 0.4) is 0 Å². The molecule has 3 aromatic rings. The number of aromatic nitrogens is 2. The quantitative estimate of drug-likeness (QED) is 0.566. The molecule has 0 aliphatic carbocycles. The highest BCUT2D eigenvalue weighted by Gasteiger charge is 2.26. The summed E-state index contributed by atoms with van der Waals surface area (Å²) in [7, 11) is 0. The van der Waals surface area contributed by atoms with Crippen molar-refractivity contribution in [2.24, 2.45) is 0 Å². The number of nitrogens with two attached hydrogens (primary N) is 1. The van der Waals surface area contributed by atoms with E-state index in [1.807, 2.05) is 30.3 Å². The number of nitrogens with zero attached hydrogens (tertiary/aromatic N) is 4. The Morgan fingerprint density at radius 2 is 2.00 bits per heavy atom. The first kappa shape index (κ1) is 20.7. The van der Waals surface area contributed by atoms with Gasteiger partial charge in [-0.15, -0.1) is 16.9 Å². The topological polar surface area (TPSA) is 109 Å². The molecule has 1 atom stereocenters. The number of nitrogen functional groups attached to an aromatic ring is 1. The van der Waals surface area contributed by atoms with Crippen molar-refractivity contribution >= 4 is 35.3 Å². The van der Waals surface area contributed by atoms with Crippen LogP contribution in [0.5, 0.6) is 0 Å². The molecule has 1 amide bonds. The first-order valence-corrected chi connectivity index (χ1v) is 10.1. The minimum Gasteiger partial charge on any atom is -0.406 e. The molecule has 0 bridgehead atoms. The van der Waals surface area contributed by atoms with E-state index in [1.54, 1.807) is 30.0 Å². The van der Waals surface area contributed by atoms with Gasteiger partial charge in [-0.25, -0.2) is 0 Å². The first-order chi connectivity index (χ1) is 14.0. The van der Waals surface area contributed by atoms with E-state index in [0.717, 1.165) is 10.5 Å². The van der Waals surface area contributed by atoms with Gasteiger partial charge in [0.05, 0.1) is 22.4 Å². The largest absolute Gasteiger partial charge is 0.406 e. The van der Waals surface area contributed by atoms with Gasteiger partial charge < -0.3 is 15.1 Å². The average molecular weight is 428 g/mol. The van der Waals surface area contributed by atoms with Gasteiger partial charge in [-0.05, 0) is 36.8 Å². The molecule has 0 radical (unpaired) electrons. The fraction of sp³-hybridized carbons (Fsp3) is 0.200. The van der Waals surface area contributed by atoms with Crippen molar-refractivity contribution < 1.29 is 9.21 Å². The molecular weight excluding hydrogens is 410 g/mol. The molecule has 29 heavy (non-hydrogen) atoms. The lowest BCUT2D eigenvalue weighted by molar-refractivity contribution is -0.131. The zero-order chi connectivity index (χ0) is 20.8. The summed E-state index contributed by atoms with van der Waals surface area (Å²) in [6, 6.07) is 16.0. The number of benzene rings is 2. The number of anilines is 1. The van der Waals surface area contributed by atoms with Crippen LogP contribution in [0.1, 0.15) is 30.0 Å². The number of hydrogen-bond acceptors (Lipinski definition) is 7. The predicted molar refractivity (Wildman–Crippen MR) is 111 cm³/mol. The summed E-state index contributed by atoms with van der Waals surface area (Å²) in [4.78, 5) is 15.5. The van der Waals surface area contributed by atoms with E-state index in [0.29, 0.717) is 17.1 Å². The van der Waals surface area contributed by atoms with E-state index in [2.05, 4.69) is 16.3 Å². The van der Waals surface area contributed by atoms with E-state index in [9.17, 15) is 4.79 Å². The Morgan fingerprint density at radius 3 is 2.62 bits per heavy atom. The zero-order valence-corrected chi connectivity index (χ0v) is 17.2. The highest BCUT2D eigenvalue weighted by Crippen LogP contribution is 2.29. The molecule has 148 valence electrons. The fourth-order valence-electron chi connectivity index (χ4n) is 2.66. The molecule has 0 saturated carbocycles. The van der Waals surface area contributed by atoms with Crippen LogP contribution in [-0.4, -0.2) is 26.8 Å². The van der Waals surface area contributed by atoms with E-state index >= 15 is 0 Å². The van der Waals surface area contributed by atoms with Crippen LogP contribution in [0.15, 0.2) is 57.8 Å². The summed E-state index contributed by atoms with van der Waals surface area (Å²) in [5, 5.41) is 17.2. The highest BCUT2D eigenvalue weighted by atomic mass is 35.5. The molecule has 0 spiro atoms. The molecule has 3 rings (SSSR count). The smallest absolute Gasteiger partial charge is 0.312 e. The molecule has 1 aromatic heterocycles. The molecule has 0 fully saturated rings. The first-order valence-electron chi connectivity index (χ1n) is 8.72. The number of carbonyl (C=O) groups is 1. The molecular formula is C20H18ClN5O2S. The zero-order valence-electron chi connectivity index (χ0n) is 15.6. The standard InChI is InChI=1S/C20H18ClN5O2S/c1-13(19-24-25-20(23)28-19)26(11-15-8-6-14(10-22)7-9-15)18(27)12-29-17-5-3-2-4-16(17)21/h2-9,13H,11-12H2,1H3,(H2,23,25)/t13-/m0/s1. The van der Waals surface area contributed by atoms with Gasteiger partial charge in [0.1, 0.15) is 6.04 Å². The molecule has 7 nitrogen and oxygen atoms in total. The van der Waals surface area contributed by atoms with E-state index in [-0.39, 0.29) is 23.6 Å². The minimum absolute atomic E-state index is 0.0527. The van der Waals surface area contributed by atoms with Crippen molar-refractivity contribution in [1.29, 1.82) is 5.26 Å². The predicted octanol–water partition coefficient (Wildman–Crippen LogP) is 4.06. The summed E-state index contributed by atoms with van der Waals surface area (Å²) in [5.41, 5.74) is 6.96. The van der Waals surface area contributed by atoms with Crippen molar-refractivity contribution in [3.63, 3.8) is 0 Å². The van der Waals surface area contributed by atoms with Crippen LogP contribution in [0, 0.1) is 11.3 Å². The van der Waals surface area contributed by atoms with Crippen molar-refractivity contribution in [2.75, 3.05) is 11.5 Å². The number of nitriles is 1. The van der Waals surface area contributed by atoms with Gasteiger partial charge in [-0.1, -0.05) is 41.0 Å². The third-order valence-corrected chi connectivity index (χ3v) is 5.73. The van der Waals surface area contributed by atoms with Crippen LogP contribution < -0.4 is 5.73 Å². The molecule has 0 unspecified atom stereocenters. The number of thioether (sulfide) groups is 1. The summed E-state index contributed by atoms with van der Waals surface area (Å²) in [5.74, 6) is 0.323. The van der Waals surface area contributed by atoms with Crippen molar-refractivity contribution in [1.82, 2.24) is 15.1 Å². The van der Waals surface area contributed by atoms with Gasteiger partial charge in [0.2, 0.25) is 11.8 Å². The fourth-order valence-corrected chi connectivity index (χ4v) is 3.78. The van der Waals surface area contributed by atoms with E-state index in [4.69, 9.17) is 27.0 Å². The number of rotatable bonds is 7. The normalized spacial score (nSPS) is 11.6. The molecule has 0 saturated heterocycles. The molecule has 2 aromatic carbocycles. The van der Waals surface area contributed by atoms with Crippen molar-refractivity contribution in [2.45, 2.75) is 24.4 Å². The van der Waals surface area contributed by atoms with Crippen LogP contribution >= 0.6 is 23.4 Å². The number of amides is 1. The van der Waals surface area contributed by atoms with Gasteiger partial charge >= 0.3 is 6.01 Å². The van der Waals surface area contributed by atoms with Gasteiger partial charge in [0.25, 0.3) is 0 Å². The van der Waals surface area contributed by atoms with E-state index in [1.165, 1.54) is 11.8 Å². The third kappa shape index (κ3) is 5.28. The summed E-state index contributed by atoms with van der Waals surface area (Å²) in [6.07, 6.45) is 0. The Labute approximate surface area is 177 Å². The molecule has 9 heteroatoms. The van der Waals surface area contributed by atoms with Crippen molar-refractivity contribution in [3.8, 4) is 6.07 Å². The molecule has 0 aliphatic rings. The van der Waals surface area contributed by atoms with Crippen molar-refractivity contribution in [3.05, 3.63) is 70.6 Å². The van der Waals surface area contributed by atoms with Gasteiger partial charge in [-0.3, -0.25) is 4.79 Å². The monoisotopic (exact) mass is 427 g/mol. The maximum atomic E-state index is 13.1. The second-order valence-corrected chi connectivity index (χ2v) is 7.63. The maximum Gasteiger partial charge on any atom is 0.312 e. The van der Waals surface area contributed by atoms with Crippen LogP contribution in [0.25, 0.3) is 0 Å². The Bertz CT molecular complexity index is 1030. The Kier molecular flexibility index (Phi) is 6.75. The lowest BCUT2D eigenvalue weighted by atomic mass is 10.1. The number of halogens is 1. The molecule has 2 N–H and O–H groups in total. The number of hydrogen-bond donors (Lipinski definition) is 1. The molecule has 1 heterocycles. The Hall–Kier alpha value is -3.02. The highest BCUT2D eigenvalue weighted by molar-refractivity contribution is 8.00. The second kappa shape index (κ2) is 9.45.